The Balaban J connectivity index is 1.62. The minimum Gasteiger partial charge on any atom is -0.332 e. The maximum Gasteiger partial charge on any atom is 0.416 e. The zero-order valence-corrected chi connectivity index (χ0v) is 19.1. The SMILES string of the molecule is O=C1C2Sc3[nH]c(=S)sc3C(c3ccc(Cl)cc3)C2C(=O)N1c1cccc(C(F)(F)F)c1. The van der Waals surface area contributed by atoms with E-state index in [1.807, 2.05) is 0 Å². The van der Waals surface area contributed by atoms with Crippen LogP contribution >= 0.6 is 46.9 Å². The number of anilines is 1. The molecule has 4 nitrogen and oxygen atoms in total. The number of amides is 2. The van der Waals surface area contributed by atoms with E-state index in [1.165, 1.54) is 35.2 Å². The van der Waals surface area contributed by atoms with Crippen molar-refractivity contribution < 1.29 is 22.8 Å². The largest absolute Gasteiger partial charge is 0.416 e. The quantitative estimate of drug-likeness (QED) is 0.324. The van der Waals surface area contributed by atoms with Crippen molar-refractivity contribution in [3.8, 4) is 0 Å². The summed E-state index contributed by atoms with van der Waals surface area (Å²) in [5.74, 6) is -2.33. The molecule has 1 N–H and O–H groups in total. The molecule has 3 atom stereocenters. The van der Waals surface area contributed by atoms with Crippen molar-refractivity contribution >= 4 is 64.4 Å². The maximum atomic E-state index is 13.5. The second kappa shape index (κ2) is 7.72. The van der Waals surface area contributed by atoms with Crippen molar-refractivity contribution in [2.45, 2.75) is 22.4 Å². The van der Waals surface area contributed by atoms with Crippen LogP contribution in [0.4, 0.5) is 18.9 Å². The highest BCUT2D eigenvalue weighted by Gasteiger charge is 2.56. The molecule has 1 aromatic heterocycles. The number of nitrogens with one attached hydrogen (secondary N) is 1. The van der Waals surface area contributed by atoms with E-state index in [2.05, 4.69) is 4.98 Å². The molecule has 2 aliphatic heterocycles. The molecule has 3 unspecified atom stereocenters. The van der Waals surface area contributed by atoms with E-state index in [9.17, 15) is 22.8 Å². The Morgan fingerprint density at radius 1 is 1.06 bits per heavy atom. The number of imide groups is 1. The molecule has 2 aromatic carbocycles. The van der Waals surface area contributed by atoms with Gasteiger partial charge in [-0.3, -0.25) is 9.59 Å². The standard InChI is InChI=1S/C21H12ClF3N2O2S3/c22-11-6-4-9(5-7-11)13-14-16(31-17-15(13)32-20(30)26-17)19(29)27(18(14)28)12-3-1-2-10(8-12)21(23,24)25/h1-8,13-14,16H,(H,26,30). The van der Waals surface area contributed by atoms with Crippen molar-refractivity contribution in [3.63, 3.8) is 0 Å². The van der Waals surface area contributed by atoms with Crippen LogP contribution in [0.3, 0.4) is 0 Å². The molecular weight excluding hydrogens is 501 g/mol. The Bertz CT molecular complexity index is 1300. The summed E-state index contributed by atoms with van der Waals surface area (Å²) in [7, 11) is 0. The lowest BCUT2D eigenvalue weighted by molar-refractivity contribution is -0.137. The summed E-state index contributed by atoms with van der Waals surface area (Å²) in [6, 6.07) is 11.2. The van der Waals surface area contributed by atoms with Crippen molar-refractivity contribution in [2.24, 2.45) is 5.92 Å². The summed E-state index contributed by atoms with van der Waals surface area (Å²) >= 11 is 13.8. The van der Waals surface area contributed by atoms with Gasteiger partial charge in [0.05, 0.1) is 22.2 Å². The lowest BCUT2D eigenvalue weighted by atomic mass is 9.83. The molecule has 0 saturated carbocycles. The fraction of sp³-hybridized carbons (Fsp3) is 0.190. The number of thiazole rings is 1. The molecule has 5 rings (SSSR count). The number of fused-ring (bicyclic) bond motifs is 2. The summed E-state index contributed by atoms with van der Waals surface area (Å²) < 4.78 is 40.2. The fourth-order valence-corrected chi connectivity index (χ4v) is 7.21. The molecule has 1 fully saturated rings. The van der Waals surface area contributed by atoms with E-state index >= 15 is 0 Å². The lowest BCUT2D eigenvalue weighted by Crippen LogP contribution is -2.32. The number of aromatic amines is 1. The van der Waals surface area contributed by atoms with Crippen LogP contribution in [0, 0.1) is 9.87 Å². The molecule has 0 radical (unpaired) electrons. The fourth-order valence-electron chi connectivity index (χ4n) is 4.12. The van der Waals surface area contributed by atoms with Gasteiger partial charge in [-0.05, 0) is 48.1 Å². The number of alkyl halides is 3. The first kappa shape index (κ1) is 21.7. The molecule has 2 aliphatic rings. The van der Waals surface area contributed by atoms with Gasteiger partial charge in [0.15, 0.2) is 3.95 Å². The first-order chi connectivity index (χ1) is 15.1. The number of thioether (sulfide) groups is 1. The van der Waals surface area contributed by atoms with Crippen molar-refractivity contribution in [2.75, 3.05) is 4.90 Å². The van der Waals surface area contributed by atoms with Gasteiger partial charge in [0, 0.05) is 15.8 Å². The molecule has 11 heteroatoms. The number of rotatable bonds is 2. The van der Waals surface area contributed by atoms with E-state index in [0.29, 0.717) is 14.0 Å². The minimum atomic E-state index is -4.59. The number of aromatic nitrogens is 1. The number of hydrogen-bond donors (Lipinski definition) is 1. The summed E-state index contributed by atoms with van der Waals surface area (Å²) in [4.78, 5) is 31.6. The predicted octanol–water partition coefficient (Wildman–Crippen LogP) is 6.27. The monoisotopic (exact) mass is 512 g/mol. The second-order valence-corrected chi connectivity index (χ2v) is 10.7. The van der Waals surface area contributed by atoms with E-state index in [-0.39, 0.29) is 5.69 Å². The molecule has 2 amide bonds. The van der Waals surface area contributed by atoms with E-state index in [0.717, 1.165) is 27.5 Å². The Morgan fingerprint density at radius 3 is 2.47 bits per heavy atom. The molecule has 3 heterocycles. The van der Waals surface area contributed by atoms with Gasteiger partial charge in [-0.25, -0.2) is 4.90 Å². The molecule has 3 aromatic rings. The molecule has 0 spiro atoms. The third-order valence-electron chi connectivity index (χ3n) is 5.48. The number of nitrogens with zero attached hydrogens (tertiary/aromatic N) is 1. The molecule has 0 bridgehead atoms. The predicted molar refractivity (Wildman–Crippen MR) is 120 cm³/mol. The molecule has 1 saturated heterocycles. The van der Waals surface area contributed by atoms with Crippen LogP contribution in [-0.2, 0) is 15.8 Å². The molecule has 32 heavy (non-hydrogen) atoms. The molecular formula is C21H12ClF3N2O2S3. The van der Waals surface area contributed by atoms with Crippen LogP contribution in [0.5, 0.6) is 0 Å². The van der Waals surface area contributed by atoms with E-state index in [4.69, 9.17) is 23.8 Å². The third kappa shape index (κ3) is 3.49. The van der Waals surface area contributed by atoms with E-state index < -0.39 is 40.6 Å². The Kier molecular flexibility index (Phi) is 5.23. The summed E-state index contributed by atoms with van der Waals surface area (Å²) in [6.45, 7) is 0. The van der Waals surface area contributed by atoms with Crippen LogP contribution in [-0.4, -0.2) is 22.0 Å². The Labute approximate surface area is 198 Å². The van der Waals surface area contributed by atoms with E-state index in [1.54, 1.807) is 24.3 Å². The van der Waals surface area contributed by atoms with Gasteiger partial charge in [0.25, 0.3) is 0 Å². The highest BCUT2D eigenvalue weighted by atomic mass is 35.5. The first-order valence-corrected chi connectivity index (χ1v) is 11.8. The number of benzene rings is 2. The average molecular weight is 513 g/mol. The first-order valence-electron chi connectivity index (χ1n) is 9.35. The maximum absolute atomic E-state index is 13.5. The number of carbonyl (C=O) groups is 2. The third-order valence-corrected chi connectivity index (χ3v) is 8.49. The van der Waals surface area contributed by atoms with Crippen molar-refractivity contribution in [3.05, 3.63) is 73.5 Å². The highest BCUT2D eigenvalue weighted by molar-refractivity contribution is 8.01. The van der Waals surface area contributed by atoms with Gasteiger partial charge in [0.1, 0.15) is 5.25 Å². The Morgan fingerprint density at radius 2 is 1.78 bits per heavy atom. The van der Waals surface area contributed by atoms with Crippen LogP contribution in [0.2, 0.25) is 5.02 Å². The van der Waals surface area contributed by atoms with Crippen LogP contribution in [0.25, 0.3) is 0 Å². The smallest absolute Gasteiger partial charge is 0.332 e. The zero-order valence-electron chi connectivity index (χ0n) is 15.9. The summed E-state index contributed by atoms with van der Waals surface area (Å²) in [5, 5.41) is 0.440. The van der Waals surface area contributed by atoms with Gasteiger partial charge in [-0.2, -0.15) is 13.2 Å². The number of hydrogen-bond acceptors (Lipinski definition) is 5. The average Bonchev–Trinajstić information content (AvgIpc) is 3.23. The zero-order chi connectivity index (χ0) is 22.8. The van der Waals surface area contributed by atoms with Crippen LogP contribution < -0.4 is 4.90 Å². The van der Waals surface area contributed by atoms with Crippen molar-refractivity contribution in [1.82, 2.24) is 4.98 Å². The number of H-pyrrole nitrogens is 1. The van der Waals surface area contributed by atoms with Crippen LogP contribution in [0.15, 0.2) is 53.6 Å². The van der Waals surface area contributed by atoms with Gasteiger partial charge in [0.2, 0.25) is 11.8 Å². The van der Waals surface area contributed by atoms with Crippen molar-refractivity contribution in [1.29, 1.82) is 0 Å². The number of carbonyl (C=O) groups excluding carboxylic acids is 2. The van der Waals surface area contributed by atoms with Crippen LogP contribution in [0.1, 0.15) is 21.9 Å². The molecule has 164 valence electrons. The van der Waals surface area contributed by atoms with Gasteiger partial charge < -0.3 is 4.98 Å². The topological polar surface area (TPSA) is 53.2 Å². The summed E-state index contributed by atoms with van der Waals surface area (Å²) in [5.41, 5.74) is -0.227. The minimum absolute atomic E-state index is 0.0871. The molecule has 0 aliphatic carbocycles. The second-order valence-electron chi connectivity index (χ2n) is 7.36. The normalized spacial score (nSPS) is 22.8. The van der Waals surface area contributed by atoms with Gasteiger partial charge in [-0.1, -0.05) is 41.6 Å². The van der Waals surface area contributed by atoms with Gasteiger partial charge >= 0.3 is 6.18 Å². The summed E-state index contributed by atoms with van der Waals surface area (Å²) in [6.07, 6.45) is -4.59. The highest BCUT2D eigenvalue weighted by Crippen LogP contribution is 2.54. The Hall–Kier alpha value is -2.14. The van der Waals surface area contributed by atoms with Gasteiger partial charge in [-0.15, -0.1) is 11.3 Å². The number of halogens is 4. The lowest BCUT2D eigenvalue weighted by Gasteiger charge is -2.29.